The summed E-state index contributed by atoms with van der Waals surface area (Å²) in [7, 11) is 0. The van der Waals surface area contributed by atoms with Gasteiger partial charge in [-0.1, -0.05) is 30.0 Å². The van der Waals surface area contributed by atoms with Crippen molar-refractivity contribution in [1.82, 2.24) is 0 Å². The second kappa shape index (κ2) is 6.02. The van der Waals surface area contributed by atoms with Crippen LogP contribution >= 0.6 is 11.8 Å². The van der Waals surface area contributed by atoms with Gasteiger partial charge in [0.05, 0.1) is 6.61 Å². The molecule has 5 heteroatoms. The fourth-order valence-corrected chi connectivity index (χ4v) is 3.35. The first kappa shape index (κ1) is 14.9. The molecule has 1 aliphatic heterocycles. The highest BCUT2D eigenvalue weighted by atomic mass is 32.2. The monoisotopic (exact) mass is 315 g/mol. The zero-order chi connectivity index (χ0) is 15.6. The van der Waals surface area contributed by atoms with Crippen molar-refractivity contribution in [2.45, 2.75) is 28.9 Å². The average molecular weight is 315 g/mol. The summed E-state index contributed by atoms with van der Waals surface area (Å²) < 4.78 is 4.93. The number of benzene rings is 2. The first-order valence-electron chi connectivity index (χ1n) is 7.14. The predicted octanol–water partition coefficient (Wildman–Crippen LogP) is 3.06. The Kier molecular flexibility index (Phi) is 4.09. The number of hydrogen-bond donors (Lipinski definition) is 2. The van der Waals surface area contributed by atoms with Gasteiger partial charge in [0.25, 0.3) is 0 Å². The van der Waals surface area contributed by atoms with Crippen LogP contribution in [0, 0.1) is 0 Å². The van der Waals surface area contributed by atoms with Gasteiger partial charge in [-0.3, -0.25) is 0 Å². The summed E-state index contributed by atoms with van der Waals surface area (Å²) in [5, 5.41) is 13.3. The number of rotatable bonds is 4. The lowest BCUT2D eigenvalue weighted by Gasteiger charge is -2.20. The zero-order valence-corrected chi connectivity index (χ0v) is 13.0. The van der Waals surface area contributed by atoms with Crippen molar-refractivity contribution in [1.29, 1.82) is 0 Å². The fourth-order valence-electron chi connectivity index (χ4n) is 2.44. The van der Waals surface area contributed by atoms with Gasteiger partial charge in [-0.2, -0.15) is 0 Å². The molecule has 1 unspecified atom stereocenters. The number of fused-ring (bicyclic) bond motifs is 1. The quantitative estimate of drug-likeness (QED) is 0.849. The van der Waals surface area contributed by atoms with Crippen molar-refractivity contribution in [2.75, 3.05) is 11.9 Å². The van der Waals surface area contributed by atoms with Crippen molar-refractivity contribution >= 4 is 23.4 Å². The molecule has 0 amide bonds. The molecule has 1 aliphatic rings. The molecule has 0 saturated heterocycles. The van der Waals surface area contributed by atoms with Crippen molar-refractivity contribution in [2.24, 2.45) is 0 Å². The zero-order valence-electron chi connectivity index (χ0n) is 12.2. The second-order valence-corrected chi connectivity index (χ2v) is 6.26. The molecule has 0 saturated carbocycles. The van der Waals surface area contributed by atoms with Crippen LogP contribution in [-0.2, 0) is 16.0 Å². The van der Waals surface area contributed by atoms with Crippen molar-refractivity contribution in [3.05, 3.63) is 54.1 Å². The van der Waals surface area contributed by atoms with Gasteiger partial charge in [0, 0.05) is 21.9 Å². The third-order valence-corrected chi connectivity index (χ3v) is 4.45. The van der Waals surface area contributed by atoms with Crippen LogP contribution in [0.25, 0.3) is 0 Å². The lowest BCUT2D eigenvalue weighted by Crippen LogP contribution is -2.46. The van der Waals surface area contributed by atoms with Crippen molar-refractivity contribution in [3.63, 3.8) is 0 Å². The van der Waals surface area contributed by atoms with Gasteiger partial charge in [0.15, 0.2) is 0 Å². The number of esters is 1. The molecule has 114 valence electrons. The maximum absolute atomic E-state index is 11.9. The SMILES string of the molecule is CCOC(=O)C1(O)Cc2cc(Sc3ccccc3)ccc2N1. The fraction of sp³-hybridized carbons (Fsp3) is 0.235. The van der Waals surface area contributed by atoms with Crippen LogP contribution in [0.1, 0.15) is 12.5 Å². The summed E-state index contributed by atoms with van der Waals surface area (Å²) in [5.41, 5.74) is 0.0263. The van der Waals surface area contributed by atoms with Crippen LogP contribution in [-0.4, -0.2) is 23.4 Å². The van der Waals surface area contributed by atoms with E-state index in [-0.39, 0.29) is 13.0 Å². The van der Waals surface area contributed by atoms with E-state index in [1.54, 1.807) is 18.7 Å². The van der Waals surface area contributed by atoms with Gasteiger partial charge in [-0.25, -0.2) is 4.79 Å². The van der Waals surface area contributed by atoms with E-state index in [0.29, 0.717) is 0 Å². The van der Waals surface area contributed by atoms with E-state index in [1.807, 2.05) is 48.5 Å². The van der Waals surface area contributed by atoms with Crippen molar-refractivity contribution in [3.8, 4) is 0 Å². The summed E-state index contributed by atoms with van der Waals surface area (Å²) in [6.45, 7) is 1.96. The summed E-state index contributed by atoms with van der Waals surface area (Å²) in [6, 6.07) is 15.9. The number of anilines is 1. The van der Waals surface area contributed by atoms with Gasteiger partial charge >= 0.3 is 5.97 Å². The van der Waals surface area contributed by atoms with E-state index >= 15 is 0 Å². The normalized spacial score (nSPS) is 19.4. The van der Waals surface area contributed by atoms with Crippen LogP contribution in [0.2, 0.25) is 0 Å². The number of ether oxygens (including phenoxy) is 1. The summed E-state index contributed by atoms with van der Waals surface area (Å²) >= 11 is 1.65. The molecular weight excluding hydrogens is 298 g/mol. The Morgan fingerprint density at radius 3 is 2.77 bits per heavy atom. The minimum absolute atomic E-state index is 0.213. The van der Waals surface area contributed by atoms with Crippen LogP contribution < -0.4 is 5.32 Å². The third-order valence-electron chi connectivity index (χ3n) is 3.46. The van der Waals surface area contributed by atoms with Crippen LogP contribution in [0.4, 0.5) is 5.69 Å². The highest BCUT2D eigenvalue weighted by Crippen LogP contribution is 2.36. The molecule has 1 heterocycles. The molecule has 0 bridgehead atoms. The molecule has 1 atom stereocenters. The first-order valence-corrected chi connectivity index (χ1v) is 7.96. The van der Waals surface area contributed by atoms with E-state index in [4.69, 9.17) is 4.74 Å². The highest BCUT2D eigenvalue weighted by Gasteiger charge is 2.43. The topological polar surface area (TPSA) is 58.6 Å². The molecule has 2 N–H and O–H groups in total. The largest absolute Gasteiger partial charge is 0.462 e. The Balaban J connectivity index is 1.79. The Labute approximate surface area is 133 Å². The third kappa shape index (κ3) is 2.96. The molecule has 3 rings (SSSR count). The first-order chi connectivity index (χ1) is 10.6. The Bertz CT molecular complexity index is 690. The summed E-state index contributed by atoms with van der Waals surface area (Å²) in [6.07, 6.45) is 0.213. The standard InChI is InChI=1S/C17H17NO3S/c1-2-21-16(19)17(20)11-12-10-14(8-9-15(12)18-17)22-13-6-4-3-5-7-13/h3-10,18,20H,2,11H2,1H3. The lowest BCUT2D eigenvalue weighted by atomic mass is 10.1. The van der Waals surface area contributed by atoms with Gasteiger partial charge < -0.3 is 15.2 Å². The molecule has 4 nitrogen and oxygen atoms in total. The lowest BCUT2D eigenvalue weighted by molar-refractivity contribution is -0.161. The smallest absolute Gasteiger partial charge is 0.359 e. The van der Waals surface area contributed by atoms with Crippen LogP contribution in [0.15, 0.2) is 58.3 Å². The number of aliphatic hydroxyl groups is 1. The Morgan fingerprint density at radius 1 is 1.27 bits per heavy atom. The molecule has 2 aromatic rings. The Hall–Kier alpha value is -1.98. The second-order valence-electron chi connectivity index (χ2n) is 5.12. The predicted molar refractivity (Wildman–Crippen MR) is 85.9 cm³/mol. The van der Waals surface area contributed by atoms with Crippen LogP contribution in [0.3, 0.4) is 0 Å². The molecular formula is C17H17NO3S. The van der Waals surface area contributed by atoms with E-state index in [0.717, 1.165) is 21.0 Å². The highest BCUT2D eigenvalue weighted by molar-refractivity contribution is 7.99. The molecule has 0 spiro atoms. The number of carbonyl (C=O) groups excluding carboxylic acids is 1. The number of carbonyl (C=O) groups is 1. The maximum atomic E-state index is 11.9. The molecule has 22 heavy (non-hydrogen) atoms. The van der Waals surface area contributed by atoms with E-state index < -0.39 is 11.7 Å². The molecule has 0 radical (unpaired) electrons. The van der Waals surface area contributed by atoms with E-state index in [9.17, 15) is 9.90 Å². The van der Waals surface area contributed by atoms with Crippen molar-refractivity contribution < 1.29 is 14.6 Å². The minimum atomic E-state index is -1.66. The summed E-state index contributed by atoms with van der Waals surface area (Å²) in [4.78, 5) is 14.1. The van der Waals surface area contributed by atoms with Gasteiger partial charge in [-0.15, -0.1) is 0 Å². The van der Waals surface area contributed by atoms with Gasteiger partial charge in [-0.05, 0) is 42.8 Å². The molecule has 0 fully saturated rings. The number of nitrogens with one attached hydrogen (secondary N) is 1. The maximum Gasteiger partial charge on any atom is 0.359 e. The average Bonchev–Trinajstić information content (AvgIpc) is 2.85. The molecule has 0 aliphatic carbocycles. The summed E-state index contributed by atoms with van der Waals surface area (Å²) in [5.74, 6) is -0.636. The Morgan fingerprint density at radius 2 is 2.05 bits per heavy atom. The van der Waals surface area contributed by atoms with E-state index in [2.05, 4.69) is 5.32 Å². The molecule has 2 aromatic carbocycles. The number of hydrogen-bond acceptors (Lipinski definition) is 5. The van der Waals surface area contributed by atoms with Gasteiger partial charge in [0.2, 0.25) is 5.72 Å². The van der Waals surface area contributed by atoms with Crippen LogP contribution in [0.5, 0.6) is 0 Å². The van der Waals surface area contributed by atoms with E-state index in [1.165, 1.54) is 0 Å². The minimum Gasteiger partial charge on any atom is -0.462 e. The van der Waals surface area contributed by atoms with Gasteiger partial charge in [0.1, 0.15) is 0 Å². The molecule has 0 aromatic heterocycles.